The van der Waals surface area contributed by atoms with Crippen molar-refractivity contribution in [2.75, 3.05) is 7.11 Å². The third kappa shape index (κ3) is 2.51. The van der Waals surface area contributed by atoms with Gasteiger partial charge in [-0.25, -0.2) is 0 Å². The maximum Gasteiger partial charge on any atom is 0.201 e. The van der Waals surface area contributed by atoms with Gasteiger partial charge in [-0.1, -0.05) is 18.2 Å². The summed E-state index contributed by atoms with van der Waals surface area (Å²) < 4.78 is 5.15. The molecule has 5 heteroatoms. The van der Waals surface area contributed by atoms with Gasteiger partial charge < -0.3 is 20.1 Å². The maximum absolute atomic E-state index is 12.2. The van der Waals surface area contributed by atoms with Crippen LogP contribution in [-0.4, -0.2) is 28.2 Å². The molecular formula is C15H14O5. The van der Waals surface area contributed by atoms with Crippen molar-refractivity contribution in [3.8, 4) is 23.0 Å². The number of phenolic OH excluding ortho intramolecular Hbond substituents is 3. The molecule has 20 heavy (non-hydrogen) atoms. The van der Waals surface area contributed by atoms with Crippen LogP contribution < -0.4 is 4.74 Å². The van der Waals surface area contributed by atoms with E-state index in [2.05, 4.69) is 0 Å². The Hall–Kier alpha value is -2.69. The van der Waals surface area contributed by atoms with Gasteiger partial charge in [-0.3, -0.25) is 4.79 Å². The fraction of sp³-hybridized carbons (Fsp3) is 0.133. The number of ether oxygens (including phenoxy) is 1. The average molecular weight is 274 g/mol. The lowest BCUT2D eigenvalue weighted by atomic mass is 10.0. The topological polar surface area (TPSA) is 87.0 Å². The Kier molecular flexibility index (Phi) is 3.79. The first-order valence-corrected chi connectivity index (χ1v) is 5.93. The van der Waals surface area contributed by atoms with Crippen molar-refractivity contribution in [2.45, 2.75) is 6.42 Å². The first-order chi connectivity index (χ1) is 9.54. The molecule has 0 aliphatic heterocycles. The van der Waals surface area contributed by atoms with Crippen molar-refractivity contribution in [3.63, 3.8) is 0 Å². The molecule has 0 saturated carbocycles. The minimum atomic E-state index is -0.698. The van der Waals surface area contributed by atoms with Crippen LogP contribution in [0.1, 0.15) is 15.9 Å². The highest BCUT2D eigenvalue weighted by atomic mass is 16.5. The van der Waals surface area contributed by atoms with E-state index in [9.17, 15) is 20.1 Å². The van der Waals surface area contributed by atoms with E-state index >= 15 is 0 Å². The molecule has 0 fully saturated rings. The second kappa shape index (κ2) is 5.52. The molecule has 0 saturated heterocycles. The quantitative estimate of drug-likeness (QED) is 0.588. The Morgan fingerprint density at radius 2 is 1.75 bits per heavy atom. The van der Waals surface area contributed by atoms with Crippen LogP contribution >= 0.6 is 0 Å². The zero-order valence-electron chi connectivity index (χ0n) is 10.8. The van der Waals surface area contributed by atoms with Gasteiger partial charge in [-0.15, -0.1) is 0 Å². The van der Waals surface area contributed by atoms with Crippen LogP contribution in [0.15, 0.2) is 36.4 Å². The number of rotatable bonds is 4. The molecule has 104 valence electrons. The molecule has 0 heterocycles. The molecule has 0 aromatic heterocycles. The number of aromatic hydroxyl groups is 3. The van der Waals surface area contributed by atoms with Crippen LogP contribution in [0.2, 0.25) is 0 Å². The summed E-state index contributed by atoms with van der Waals surface area (Å²) in [4.78, 5) is 12.2. The number of carbonyl (C=O) groups excluding carboxylic acids is 1. The third-order valence-corrected chi connectivity index (χ3v) is 2.97. The van der Waals surface area contributed by atoms with Gasteiger partial charge >= 0.3 is 0 Å². The number of Topliss-reactive ketones (excluding diaryl/α,β-unsaturated/α-hetero) is 1. The molecule has 0 radical (unpaired) electrons. The van der Waals surface area contributed by atoms with E-state index in [0.717, 1.165) is 6.07 Å². The molecule has 2 rings (SSSR count). The zero-order chi connectivity index (χ0) is 14.7. The van der Waals surface area contributed by atoms with Crippen molar-refractivity contribution in [1.29, 1.82) is 0 Å². The van der Waals surface area contributed by atoms with E-state index in [4.69, 9.17) is 4.74 Å². The van der Waals surface area contributed by atoms with Gasteiger partial charge in [0, 0.05) is 12.0 Å². The Morgan fingerprint density at radius 3 is 2.45 bits per heavy atom. The standard InChI is InChI=1S/C15H14O5/c1-20-13-5-3-2-4-9(13)8-12(17)10-6-7-11(16)15(19)14(10)18/h2-7,16,18-19H,8H2,1H3. The normalized spacial score (nSPS) is 10.2. The van der Waals surface area contributed by atoms with Crippen molar-refractivity contribution in [1.82, 2.24) is 0 Å². The van der Waals surface area contributed by atoms with Gasteiger partial charge in [-0.05, 0) is 18.2 Å². The van der Waals surface area contributed by atoms with Crippen LogP contribution in [0, 0.1) is 0 Å². The van der Waals surface area contributed by atoms with Crippen molar-refractivity contribution < 1.29 is 24.9 Å². The van der Waals surface area contributed by atoms with Crippen molar-refractivity contribution in [3.05, 3.63) is 47.5 Å². The van der Waals surface area contributed by atoms with Crippen molar-refractivity contribution in [2.24, 2.45) is 0 Å². The Morgan fingerprint density at radius 1 is 1.05 bits per heavy atom. The first-order valence-electron chi connectivity index (χ1n) is 5.93. The number of hydrogen-bond donors (Lipinski definition) is 3. The summed E-state index contributed by atoms with van der Waals surface area (Å²) in [6.45, 7) is 0. The largest absolute Gasteiger partial charge is 0.504 e. The summed E-state index contributed by atoms with van der Waals surface area (Å²) in [5.41, 5.74) is 0.623. The molecule has 5 nitrogen and oxygen atoms in total. The van der Waals surface area contributed by atoms with Gasteiger partial charge in [0.05, 0.1) is 12.7 Å². The van der Waals surface area contributed by atoms with Crippen LogP contribution in [0.3, 0.4) is 0 Å². The molecule has 0 bridgehead atoms. The molecule has 3 N–H and O–H groups in total. The second-order valence-corrected chi connectivity index (χ2v) is 4.24. The summed E-state index contributed by atoms with van der Waals surface area (Å²) in [6.07, 6.45) is 0.0157. The van der Waals surface area contributed by atoms with Crippen molar-refractivity contribution >= 4 is 5.78 Å². The number of para-hydroxylation sites is 1. The minimum absolute atomic E-state index is 0.0157. The van der Waals surface area contributed by atoms with E-state index in [1.54, 1.807) is 24.3 Å². The molecule has 2 aromatic rings. The fourth-order valence-electron chi connectivity index (χ4n) is 1.91. The number of ketones is 1. The molecule has 2 aromatic carbocycles. The number of hydrogen-bond acceptors (Lipinski definition) is 5. The Balaban J connectivity index is 2.31. The molecule has 0 atom stereocenters. The summed E-state index contributed by atoms with van der Waals surface area (Å²) in [5.74, 6) is -1.61. The molecule has 0 aliphatic carbocycles. The summed E-state index contributed by atoms with van der Waals surface area (Å²) >= 11 is 0. The number of phenols is 3. The predicted molar refractivity (Wildman–Crippen MR) is 72.5 cm³/mol. The van der Waals surface area contributed by atoms with Crippen LogP contribution in [-0.2, 0) is 6.42 Å². The van der Waals surface area contributed by atoms with Crippen LogP contribution in [0.25, 0.3) is 0 Å². The number of benzene rings is 2. The number of carbonyl (C=O) groups is 1. The second-order valence-electron chi connectivity index (χ2n) is 4.24. The summed E-state index contributed by atoms with van der Waals surface area (Å²) in [5, 5.41) is 28.4. The van der Waals surface area contributed by atoms with E-state index < -0.39 is 17.2 Å². The molecule has 0 unspecified atom stereocenters. The Labute approximate surface area is 115 Å². The SMILES string of the molecule is COc1ccccc1CC(=O)c1ccc(O)c(O)c1O. The molecular weight excluding hydrogens is 260 g/mol. The van der Waals surface area contributed by atoms with E-state index in [0.29, 0.717) is 11.3 Å². The highest BCUT2D eigenvalue weighted by Crippen LogP contribution is 2.37. The highest BCUT2D eigenvalue weighted by molar-refractivity contribution is 6.01. The van der Waals surface area contributed by atoms with Gasteiger partial charge in [-0.2, -0.15) is 0 Å². The van der Waals surface area contributed by atoms with Gasteiger partial charge in [0.2, 0.25) is 5.75 Å². The molecule has 0 spiro atoms. The van der Waals surface area contributed by atoms with Gasteiger partial charge in [0.25, 0.3) is 0 Å². The monoisotopic (exact) mass is 274 g/mol. The van der Waals surface area contributed by atoms with E-state index in [1.165, 1.54) is 13.2 Å². The minimum Gasteiger partial charge on any atom is -0.504 e. The maximum atomic E-state index is 12.2. The smallest absolute Gasteiger partial charge is 0.201 e. The first kappa shape index (κ1) is 13.7. The highest BCUT2D eigenvalue weighted by Gasteiger charge is 2.18. The fourth-order valence-corrected chi connectivity index (χ4v) is 1.91. The van der Waals surface area contributed by atoms with Crippen LogP contribution in [0.5, 0.6) is 23.0 Å². The lowest BCUT2D eigenvalue weighted by molar-refractivity contribution is 0.0989. The lowest BCUT2D eigenvalue weighted by Crippen LogP contribution is -2.05. The third-order valence-electron chi connectivity index (χ3n) is 2.97. The summed E-state index contributed by atoms with van der Waals surface area (Å²) in [6, 6.07) is 9.47. The van der Waals surface area contributed by atoms with E-state index in [-0.39, 0.29) is 17.8 Å². The molecule has 0 aliphatic rings. The van der Waals surface area contributed by atoms with Crippen LogP contribution in [0.4, 0.5) is 0 Å². The van der Waals surface area contributed by atoms with E-state index in [1.807, 2.05) is 0 Å². The van der Waals surface area contributed by atoms with Gasteiger partial charge in [0.15, 0.2) is 17.3 Å². The zero-order valence-corrected chi connectivity index (χ0v) is 10.8. The van der Waals surface area contributed by atoms with Gasteiger partial charge in [0.1, 0.15) is 5.75 Å². The average Bonchev–Trinajstić information content (AvgIpc) is 2.45. The number of methoxy groups -OCH3 is 1. The molecule has 0 amide bonds. The lowest BCUT2D eigenvalue weighted by Gasteiger charge is -2.09. The predicted octanol–water partition coefficient (Wildman–Crippen LogP) is 2.24. The summed E-state index contributed by atoms with van der Waals surface area (Å²) in [7, 11) is 1.51. The Bertz CT molecular complexity index is 649.